The van der Waals surface area contributed by atoms with Crippen molar-refractivity contribution in [2.45, 2.75) is 6.92 Å². The third-order valence-corrected chi connectivity index (χ3v) is 2.46. The van der Waals surface area contributed by atoms with Crippen molar-refractivity contribution in [1.82, 2.24) is 0 Å². The first-order chi connectivity index (χ1) is 7.10. The summed E-state index contributed by atoms with van der Waals surface area (Å²) in [5.74, 6) is -0.471. The minimum atomic E-state index is -0.471. The van der Waals surface area contributed by atoms with E-state index in [4.69, 9.17) is 10.5 Å². The standard InChI is InChI=1S/C10H10BrNO3/c1-2-15-10(14)6-3-7(5-13)9(12)8(11)4-6/h3-5H,2,12H2,1H3. The van der Waals surface area contributed by atoms with Gasteiger partial charge in [0, 0.05) is 10.0 Å². The Balaban J connectivity index is 3.16. The molecule has 0 spiro atoms. The predicted octanol–water partition coefficient (Wildman–Crippen LogP) is 2.02. The van der Waals surface area contributed by atoms with Gasteiger partial charge in [0.15, 0.2) is 6.29 Å². The van der Waals surface area contributed by atoms with Crippen molar-refractivity contribution < 1.29 is 14.3 Å². The smallest absolute Gasteiger partial charge is 0.338 e. The normalized spacial score (nSPS) is 9.73. The maximum atomic E-state index is 11.4. The van der Waals surface area contributed by atoms with E-state index in [2.05, 4.69) is 15.9 Å². The summed E-state index contributed by atoms with van der Waals surface area (Å²) >= 11 is 3.17. The number of hydrogen-bond acceptors (Lipinski definition) is 4. The van der Waals surface area contributed by atoms with Gasteiger partial charge in [-0.25, -0.2) is 4.79 Å². The van der Waals surface area contributed by atoms with Gasteiger partial charge >= 0.3 is 5.97 Å². The zero-order valence-corrected chi connectivity index (χ0v) is 9.71. The number of nitrogen functional groups attached to an aromatic ring is 1. The van der Waals surface area contributed by atoms with Crippen molar-refractivity contribution in [1.29, 1.82) is 0 Å². The van der Waals surface area contributed by atoms with Crippen LogP contribution in [0.1, 0.15) is 27.6 Å². The summed E-state index contributed by atoms with van der Waals surface area (Å²) < 4.78 is 5.32. The first kappa shape index (κ1) is 11.7. The summed E-state index contributed by atoms with van der Waals surface area (Å²) in [6.45, 7) is 2.00. The lowest BCUT2D eigenvalue weighted by Gasteiger charge is -2.06. The van der Waals surface area contributed by atoms with Gasteiger partial charge in [0.1, 0.15) is 0 Å². The molecule has 0 atom stereocenters. The molecule has 0 aromatic heterocycles. The molecule has 0 bridgehead atoms. The molecule has 0 saturated heterocycles. The number of nitrogens with two attached hydrogens (primary N) is 1. The third kappa shape index (κ3) is 2.56. The minimum absolute atomic E-state index is 0.271. The van der Waals surface area contributed by atoms with E-state index in [0.717, 1.165) is 0 Å². The van der Waals surface area contributed by atoms with Crippen LogP contribution < -0.4 is 5.73 Å². The molecular weight excluding hydrogens is 262 g/mol. The maximum Gasteiger partial charge on any atom is 0.338 e. The summed E-state index contributed by atoms with van der Waals surface area (Å²) in [7, 11) is 0. The van der Waals surface area contributed by atoms with E-state index in [1.54, 1.807) is 6.92 Å². The lowest BCUT2D eigenvalue weighted by molar-refractivity contribution is 0.0526. The van der Waals surface area contributed by atoms with Crippen LogP contribution in [0.5, 0.6) is 0 Å². The van der Waals surface area contributed by atoms with Crippen LogP contribution in [0.25, 0.3) is 0 Å². The van der Waals surface area contributed by atoms with Gasteiger partial charge in [-0.05, 0) is 35.0 Å². The fourth-order valence-electron chi connectivity index (χ4n) is 1.07. The first-order valence-corrected chi connectivity index (χ1v) is 5.10. The Kier molecular flexibility index (Phi) is 3.85. The van der Waals surface area contributed by atoms with Crippen LogP contribution in [0.4, 0.5) is 5.69 Å². The predicted molar refractivity (Wildman–Crippen MR) is 59.9 cm³/mol. The lowest BCUT2D eigenvalue weighted by Crippen LogP contribution is -2.06. The van der Waals surface area contributed by atoms with Crippen LogP contribution in [0.15, 0.2) is 16.6 Å². The number of aldehydes is 1. The number of carbonyl (C=O) groups excluding carboxylic acids is 2. The second-order valence-corrected chi connectivity index (χ2v) is 3.65. The molecule has 15 heavy (non-hydrogen) atoms. The molecule has 0 unspecified atom stereocenters. The highest BCUT2D eigenvalue weighted by atomic mass is 79.9. The topological polar surface area (TPSA) is 69.4 Å². The fraction of sp³-hybridized carbons (Fsp3) is 0.200. The molecule has 0 radical (unpaired) electrons. The number of esters is 1. The second-order valence-electron chi connectivity index (χ2n) is 2.80. The highest BCUT2D eigenvalue weighted by molar-refractivity contribution is 9.10. The average Bonchev–Trinajstić information content (AvgIpc) is 2.22. The Morgan fingerprint density at radius 3 is 2.80 bits per heavy atom. The Labute approximate surface area is 95.5 Å². The molecule has 0 saturated carbocycles. The van der Waals surface area contributed by atoms with E-state index in [9.17, 15) is 9.59 Å². The van der Waals surface area contributed by atoms with E-state index in [1.807, 2.05) is 0 Å². The number of anilines is 1. The van der Waals surface area contributed by atoms with Gasteiger partial charge in [-0.15, -0.1) is 0 Å². The number of ether oxygens (including phenoxy) is 1. The Bertz CT molecular complexity index is 404. The zero-order valence-electron chi connectivity index (χ0n) is 8.12. The molecule has 0 fully saturated rings. The summed E-state index contributed by atoms with van der Waals surface area (Å²) in [5, 5.41) is 0. The SMILES string of the molecule is CCOC(=O)c1cc(Br)c(N)c(C=O)c1. The van der Waals surface area contributed by atoms with Crippen molar-refractivity contribution in [3.8, 4) is 0 Å². The van der Waals surface area contributed by atoms with Crippen LogP contribution in [0.2, 0.25) is 0 Å². The number of halogens is 1. The molecule has 1 rings (SSSR count). The first-order valence-electron chi connectivity index (χ1n) is 4.31. The molecular formula is C10H10BrNO3. The van der Waals surface area contributed by atoms with Crippen LogP contribution in [-0.4, -0.2) is 18.9 Å². The van der Waals surface area contributed by atoms with Gasteiger partial charge in [-0.2, -0.15) is 0 Å². The van der Waals surface area contributed by atoms with Crippen molar-refractivity contribution >= 4 is 33.9 Å². The zero-order chi connectivity index (χ0) is 11.4. The third-order valence-electron chi connectivity index (χ3n) is 1.80. The highest BCUT2D eigenvalue weighted by Crippen LogP contribution is 2.24. The summed E-state index contributed by atoms with van der Waals surface area (Å²) in [6, 6.07) is 2.94. The number of hydrogen-bond donors (Lipinski definition) is 1. The van der Waals surface area contributed by atoms with Crippen molar-refractivity contribution in [3.63, 3.8) is 0 Å². The minimum Gasteiger partial charge on any atom is -0.462 e. The summed E-state index contributed by atoms with van der Waals surface area (Å²) in [5.41, 5.74) is 6.50. The summed E-state index contributed by atoms with van der Waals surface area (Å²) in [6.07, 6.45) is 0.600. The van der Waals surface area contributed by atoms with Gasteiger partial charge < -0.3 is 10.5 Å². The van der Waals surface area contributed by atoms with Crippen LogP contribution in [0.3, 0.4) is 0 Å². The molecule has 5 heteroatoms. The highest BCUT2D eigenvalue weighted by Gasteiger charge is 2.11. The van der Waals surface area contributed by atoms with Gasteiger partial charge in [0.05, 0.1) is 17.9 Å². The largest absolute Gasteiger partial charge is 0.462 e. The number of benzene rings is 1. The van der Waals surface area contributed by atoms with E-state index >= 15 is 0 Å². The van der Waals surface area contributed by atoms with Gasteiger partial charge in [-0.3, -0.25) is 4.79 Å². The number of rotatable bonds is 3. The number of carbonyl (C=O) groups is 2. The Morgan fingerprint density at radius 1 is 1.60 bits per heavy atom. The maximum absolute atomic E-state index is 11.4. The molecule has 0 aliphatic rings. The van der Waals surface area contributed by atoms with Crippen molar-refractivity contribution in [2.75, 3.05) is 12.3 Å². The lowest BCUT2D eigenvalue weighted by atomic mass is 10.1. The molecule has 0 heterocycles. The Hall–Kier alpha value is -1.36. The van der Waals surface area contributed by atoms with E-state index in [0.29, 0.717) is 22.0 Å². The van der Waals surface area contributed by atoms with Crippen molar-refractivity contribution in [3.05, 3.63) is 27.7 Å². The molecule has 0 aliphatic carbocycles. The van der Waals surface area contributed by atoms with E-state index < -0.39 is 5.97 Å². The van der Waals surface area contributed by atoms with Gasteiger partial charge in [0.2, 0.25) is 0 Å². The molecule has 80 valence electrons. The Morgan fingerprint density at radius 2 is 2.27 bits per heavy atom. The molecule has 1 aromatic carbocycles. The van der Waals surface area contributed by atoms with E-state index in [1.165, 1.54) is 12.1 Å². The fourth-order valence-corrected chi connectivity index (χ4v) is 1.54. The van der Waals surface area contributed by atoms with Crippen LogP contribution >= 0.6 is 15.9 Å². The van der Waals surface area contributed by atoms with Crippen LogP contribution in [-0.2, 0) is 4.74 Å². The second kappa shape index (κ2) is 4.93. The average molecular weight is 272 g/mol. The molecule has 0 aliphatic heterocycles. The molecule has 1 aromatic rings. The van der Waals surface area contributed by atoms with Gasteiger partial charge in [0.25, 0.3) is 0 Å². The quantitative estimate of drug-likeness (QED) is 0.519. The van der Waals surface area contributed by atoms with E-state index in [-0.39, 0.29) is 12.2 Å². The monoisotopic (exact) mass is 271 g/mol. The summed E-state index contributed by atoms with van der Waals surface area (Å²) in [4.78, 5) is 22.0. The molecule has 2 N–H and O–H groups in total. The molecule has 0 amide bonds. The molecule has 4 nitrogen and oxygen atoms in total. The van der Waals surface area contributed by atoms with Gasteiger partial charge in [-0.1, -0.05) is 0 Å². The van der Waals surface area contributed by atoms with Crippen LogP contribution in [0, 0.1) is 0 Å². The van der Waals surface area contributed by atoms with Crippen molar-refractivity contribution in [2.24, 2.45) is 0 Å².